The molecule has 1 amide bonds. The number of carbonyl (C=O) groups excluding carboxylic acids is 1. The molecule has 0 spiro atoms. The molecule has 0 unspecified atom stereocenters. The van der Waals surface area contributed by atoms with E-state index in [9.17, 15) is 18.0 Å². The molecule has 0 atom stereocenters. The molecule has 0 radical (unpaired) electrons. The predicted molar refractivity (Wildman–Crippen MR) is 123 cm³/mol. The number of carbonyl (C=O) groups is 1. The van der Waals surface area contributed by atoms with Gasteiger partial charge in [-0.1, -0.05) is 24.0 Å². The van der Waals surface area contributed by atoms with Crippen LogP contribution in [0.3, 0.4) is 0 Å². The lowest BCUT2D eigenvalue weighted by Gasteiger charge is -2.10. The first kappa shape index (κ1) is 23.3. The number of benzene rings is 2. The number of fused-ring (bicyclic) bond motifs is 1. The van der Waals surface area contributed by atoms with E-state index < -0.39 is 5.51 Å². The summed E-state index contributed by atoms with van der Waals surface area (Å²) in [5, 5.41) is 6.12. The minimum atomic E-state index is -4.41. The first-order chi connectivity index (χ1) is 14.7. The monoisotopic (exact) mass is 528 g/mol. The fourth-order valence-corrected chi connectivity index (χ4v) is 5.30. The number of hydrogen-bond acceptors (Lipinski definition) is 5. The third kappa shape index (κ3) is 5.67. The van der Waals surface area contributed by atoms with E-state index >= 15 is 0 Å². The summed E-state index contributed by atoms with van der Waals surface area (Å²) in [5.74, 6) is 5.95. The number of rotatable bonds is 5. The van der Waals surface area contributed by atoms with Crippen molar-refractivity contribution in [3.05, 3.63) is 51.3 Å². The molecular formula is C21H16BrF3N2O2S2. The molecule has 2 N–H and O–H groups in total. The Kier molecular flexibility index (Phi) is 7.41. The lowest BCUT2D eigenvalue weighted by atomic mass is 10.1. The lowest BCUT2D eigenvalue weighted by molar-refractivity contribution is -0.0327. The van der Waals surface area contributed by atoms with E-state index in [4.69, 9.17) is 4.74 Å². The highest BCUT2D eigenvalue weighted by Crippen LogP contribution is 2.47. The normalized spacial score (nSPS) is 11.0. The molecular weight excluding hydrogens is 513 g/mol. The Bertz CT molecular complexity index is 1180. The summed E-state index contributed by atoms with van der Waals surface area (Å²) in [4.78, 5) is 12.2. The molecule has 0 saturated carbocycles. The highest BCUT2D eigenvalue weighted by Gasteiger charge is 2.32. The molecule has 0 bridgehead atoms. The van der Waals surface area contributed by atoms with Crippen molar-refractivity contribution in [2.24, 2.45) is 0 Å². The van der Waals surface area contributed by atoms with Crippen LogP contribution in [0.25, 0.3) is 10.1 Å². The van der Waals surface area contributed by atoms with Crippen molar-refractivity contribution < 1.29 is 22.7 Å². The number of halogens is 4. The molecule has 0 aliphatic heterocycles. The summed E-state index contributed by atoms with van der Waals surface area (Å²) < 4.78 is 46.0. The molecule has 1 aromatic heterocycles. The van der Waals surface area contributed by atoms with E-state index in [1.165, 1.54) is 25.5 Å². The third-order valence-electron chi connectivity index (χ3n) is 4.10. The quantitative estimate of drug-likeness (QED) is 0.310. The number of nitrogens with one attached hydrogen (secondary N) is 2. The number of hydrogen-bond donors (Lipinski definition) is 2. The number of anilines is 1. The van der Waals surface area contributed by atoms with Gasteiger partial charge < -0.3 is 15.4 Å². The number of methoxy groups -OCH3 is 1. The van der Waals surface area contributed by atoms with Gasteiger partial charge in [0.1, 0.15) is 5.75 Å². The molecule has 3 rings (SSSR count). The summed E-state index contributed by atoms with van der Waals surface area (Å²) in [5.41, 5.74) is -3.35. The minimum Gasteiger partial charge on any atom is -0.495 e. The van der Waals surface area contributed by atoms with Gasteiger partial charge in [0, 0.05) is 22.5 Å². The zero-order valence-electron chi connectivity index (χ0n) is 16.3. The van der Waals surface area contributed by atoms with Crippen LogP contribution < -0.4 is 15.4 Å². The maximum Gasteiger partial charge on any atom is 0.446 e. The van der Waals surface area contributed by atoms with Crippen molar-refractivity contribution >= 4 is 60.7 Å². The van der Waals surface area contributed by atoms with E-state index in [1.807, 2.05) is 0 Å². The van der Waals surface area contributed by atoms with E-state index in [0.29, 0.717) is 27.3 Å². The van der Waals surface area contributed by atoms with Crippen LogP contribution >= 0.6 is 39.0 Å². The molecule has 0 aliphatic carbocycles. The smallest absolute Gasteiger partial charge is 0.446 e. The first-order valence-corrected chi connectivity index (χ1v) is 11.3. The molecule has 2 aromatic carbocycles. The van der Waals surface area contributed by atoms with Gasteiger partial charge in [0.15, 0.2) is 0 Å². The topological polar surface area (TPSA) is 50.4 Å². The molecule has 162 valence electrons. The highest BCUT2D eigenvalue weighted by atomic mass is 79.9. The average Bonchev–Trinajstić information content (AvgIpc) is 3.07. The summed E-state index contributed by atoms with van der Waals surface area (Å²) in [6.07, 6.45) is 0. The standard InChI is InChI=1S/C21H16BrF3N2O2S2/c1-26-20(28)12-8-9-15(16(11-12)29-2)27-10-4-7-17-19(31-21(23,24)25)13-5-3-6-14(22)18(13)30-17/h3,5-6,8-9,11,27H,10H2,1-2H3,(H,26,28). The Hall–Kier alpha value is -2.35. The van der Waals surface area contributed by atoms with Gasteiger partial charge in [-0.25, -0.2) is 0 Å². The summed E-state index contributed by atoms with van der Waals surface area (Å²) >= 11 is 4.45. The number of alkyl halides is 3. The molecule has 10 heteroatoms. The third-order valence-corrected chi connectivity index (χ3v) is 7.17. The summed E-state index contributed by atoms with van der Waals surface area (Å²) in [7, 11) is 3.02. The van der Waals surface area contributed by atoms with Crippen molar-refractivity contribution in [3.8, 4) is 17.6 Å². The molecule has 3 aromatic rings. The first-order valence-electron chi connectivity index (χ1n) is 8.83. The van der Waals surface area contributed by atoms with Crippen molar-refractivity contribution in [2.75, 3.05) is 26.0 Å². The van der Waals surface area contributed by atoms with Gasteiger partial charge in [0.2, 0.25) is 0 Å². The number of amides is 1. The van der Waals surface area contributed by atoms with Crippen molar-refractivity contribution in [2.45, 2.75) is 10.4 Å². The Labute approximate surface area is 193 Å². The second-order valence-electron chi connectivity index (χ2n) is 6.07. The second-order valence-corrected chi connectivity index (χ2v) is 9.02. The van der Waals surface area contributed by atoms with Crippen LogP contribution in [0.2, 0.25) is 0 Å². The van der Waals surface area contributed by atoms with Gasteiger partial charge in [-0.15, -0.1) is 11.3 Å². The second kappa shape index (κ2) is 9.85. The van der Waals surface area contributed by atoms with E-state index in [2.05, 4.69) is 38.4 Å². The van der Waals surface area contributed by atoms with Gasteiger partial charge in [-0.05, 0) is 52.0 Å². The van der Waals surface area contributed by atoms with Crippen LogP contribution in [-0.4, -0.2) is 32.1 Å². The lowest BCUT2D eigenvalue weighted by Crippen LogP contribution is -2.17. The van der Waals surface area contributed by atoms with Gasteiger partial charge >= 0.3 is 5.51 Å². The minimum absolute atomic E-state index is 0.105. The zero-order valence-corrected chi connectivity index (χ0v) is 19.5. The fourth-order valence-electron chi connectivity index (χ4n) is 2.75. The molecule has 4 nitrogen and oxygen atoms in total. The summed E-state index contributed by atoms with van der Waals surface area (Å²) in [6, 6.07) is 10.1. The number of ether oxygens (including phenoxy) is 1. The summed E-state index contributed by atoms with van der Waals surface area (Å²) in [6.45, 7) is 0.182. The van der Waals surface area contributed by atoms with Gasteiger partial charge in [0.05, 0.1) is 33.8 Å². The number of thiophene rings is 1. The van der Waals surface area contributed by atoms with Gasteiger partial charge in [0.25, 0.3) is 5.91 Å². The van der Waals surface area contributed by atoms with Crippen molar-refractivity contribution in [3.63, 3.8) is 0 Å². The van der Waals surface area contributed by atoms with Crippen molar-refractivity contribution in [1.29, 1.82) is 0 Å². The largest absolute Gasteiger partial charge is 0.495 e. The van der Waals surface area contributed by atoms with E-state index in [1.54, 1.807) is 36.4 Å². The molecule has 1 heterocycles. The Morgan fingerprint density at radius 2 is 2.06 bits per heavy atom. The maximum atomic E-state index is 13.1. The molecule has 31 heavy (non-hydrogen) atoms. The Balaban J connectivity index is 1.84. The van der Waals surface area contributed by atoms with Crippen LogP contribution in [0.5, 0.6) is 5.75 Å². The van der Waals surface area contributed by atoms with Gasteiger partial charge in [-0.2, -0.15) is 13.2 Å². The fraction of sp³-hybridized carbons (Fsp3) is 0.190. The number of thioether (sulfide) groups is 1. The van der Waals surface area contributed by atoms with Crippen LogP contribution in [0.1, 0.15) is 15.2 Å². The van der Waals surface area contributed by atoms with Crippen LogP contribution in [-0.2, 0) is 0 Å². The van der Waals surface area contributed by atoms with Crippen LogP contribution in [0.4, 0.5) is 18.9 Å². The Morgan fingerprint density at radius 3 is 2.74 bits per heavy atom. The molecule has 0 saturated heterocycles. The molecule has 0 aliphatic rings. The van der Waals surface area contributed by atoms with Crippen LogP contribution in [0.15, 0.2) is 45.8 Å². The average molecular weight is 529 g/mol. The van der Waals surface area contributed by atoms with E-state index in [-0.39, 0.29) is 29.1 Å². The molecule has 0 fully saturated rings. The highest BCUT2D eigenvalue weighted by molar-refractivity contribution is 9.10. The Morgan fingerprint density at radius 1 is 1.29 bits per heavy atom. The van der Waals surface area contributed by atoms with Gasteiger partial charge in [-0.3, -0.25) is 4.79 Å². The van der Waals surface area contributed by atoms with E-state index in [0.717, 1.165) is 9.17 Å². The SMILES string of the molecule is CNC(=O)c1ccc(NCC#Cc2sc3c(Br)cccc3c2SC(F)(F)F)c(OC)c1. The van der Waals surface area contributed by atoms with Crippen LogP contribution in [0, 0.1) is 11.8 Å². The van der Waals surface area contributed by atoms with Crippen molar-refractivity contribution in [1.82, 2.24) is 5.32 Å². The maximum absolute atomic E-state index is 13.1. The zero-order chi connectivity index (χ0) is 22.6. The predicted octanol–water partition coefficient (Wildman–Crippen LogP) is 6.11.